The minimum absolute atomic E-state index is 0.971. The molecule has 78 valence electrons. The summed E-state index contributed by atoms with van der Waals surface area (Å²) in [5.41, 5.74) is 2.53. The standard InChI is InChI=1S/C16H15/c1-3-9-15(10-4-1)13-7-8-14-16-11-5-2-6-12-16/h1-7,9-14H,8H2/q+1. The molecule has 0 N–H and O–H groups in total. The molecule has 0 heterocycles. The van der Waals surface area contributed by atoms with E-state index in [9.17, 15) is 0 Å². The van der Waals surface area contributed by atoms with Crippen LogP contribution in [0.15, 0.2) is 66.7 Å². The topological polar surface area (TPSA) is 0 Å². The predicted octanol–water partition coefficient (Wildman–Crippen LogP) is 4.34. The quantitative estimate of drug-likeness (QED) is 0.654. The van der Waals surface area contributed by atoms with Gasteiger partial charge in [0.2, 0.25) is 0 Å². The van der Waals surface area contributed by atoms with Crippen molar-refractivity contribution in [1.82, 2.24) is 0 Å². The van der Waals surface area contributed by atoms with Crippen LogP contribution in [0.3, 0.4) is 0 Å². The highest BCUT2D eigenvalue weighted by molar-refractivity contribution is 5.49. The Morgan fingerprint density at radius 1 is 0.812 bits per heavy atom. The van der Waals surface area contributed by atoms with Crippen molar-refractivity contribution in [3.8, 4) is 0 Å². The summed E-state index contributed by atoms with van der Waals surface area (Å²) in [7, 11) is 0. The van der Waals surface area contributed by atoms with Crippen LogP contribution >= 0.6 is 0 Å². The fraction of sp³-hybridized carbons (Fsp3) is 0.0625. The van der Waals surface area contributed by atoms with Gasteiger partial charge in [-0.1, -0.05) is 42.5 Å². The van der Waals surface area contributed by atoms with Gasteiger partial charge in [-0.25, -0.2) is 0 Å². The summed E-state index contributed by atoms with van der Waals surface area (Å²) in [5.74, 6) is 0. The van der Waals surface area contributed by atoms with Crippen molar-refractivity contribution in [2.75, 3.05) is 0 Å². The molecule has 0 aliphatic rings. The molecule has 0 spiro atoms. The van der Waals surface area contributed by atoms with Gasteiger partial charge in [-0.15, -0.1) is 0 Å². The van der Waals surface area contributed by atoms with E-state index >= 15 is 0 Å². The minimum Gasteiger partial charge on any atom is -0.0674 e. The zero-order valence-electron chi connectivity index (χ0n) is 9.21. The molecule has 0 saturated carbocycles. The number of rotatable bonds is 4. The van der Waals surface area contributed by atoms with E-state index in [0.717, 1.165) is 6.42 Å². The van der Waals surface area contributed by atoms with Gasteiger partial charge in [0.1, 0.15) is 5.56 Å². The van der Waals surface area contributed by atoms with Crippen LogP contribution in [0.1, 0.15) is 17.5 Å². The van der Waals surface area contributed by atoms with Gasteiger partial charge in [0, 0.05) is 25.0 Å². The smallest absolute Gasteiger partial charge is 0.0674 e. The maximum atomic E-state index is 2.22. The molecule has 0 aliphatic heterocycles. The van der Waals surface area contributed by atoms with Crippen molar-refractivity contribution in [3.05, 3.63) is 84.3 Å². The number of benzene rings is 2. The molecular weight excluding hydrogens is 192 g/mol. The van der Waals surface area contributed by atoms with Crippen LogP contribution in [0, 0.1) is 6.42 Å². The van der Waals surface area contributed by atoms with Crippen molar-refractivity contribution >= 4 is 6.08 Å². The van der Waals surface area contributed by atoms with Crippen LogP contribution in [0.5, 0.6) is 0 Å². The Morgan fingerprint density at radius 3 is 2.12 bits per heavy atom. The summed E-state index contributed by atoms with van der Waals surface area (Å²) >= 11 is 0. The lowest BCUT2D eigenvalue weighted by Crippen LogP contribution is -1.78. The van der Waals surface area contributed by atoms with Gasteiger partial charge in [0.25, 0.3) is 0 Å². The first-order valence-electron chi connectivity index (χ1n) is 5.55. The summed E-state index contributed by atoms with van der Waals surface area (Å²) in [6.45, 7) is 0. The van der Waals surface area contributed by atoms with Crippen LogP contribution in [0.2, 0.25) is 0 Å². The molecule has 0 atom stereocenters. The van der Waals surface area contributed by atoms with Crippen molar-refractivity contribution in [2.45, 2.75) is 6.42 Å². The second-order valence-electron chi connectivity index (χ2n) is 3.66. The fourth-order valence-corrected chi connectivity index (χ4v) is 1.56. The molecule has 0 unspecified atom stereocenters. The third kappa shape index (κ3) is 3.32. The van der Waals surface area contributed by atoms with Gasteiger partial charge >= 0.3 is 0 Å². The first kappa shape index (κ1) is 10.6. The molecule has 0 saturated heterocycles. The SMILES string of the molecule is C(=Cc1ccccc1)C[CH+]c1ccccc1. The largest absolute Gasteiger partial charge is 0.130 e. The van der Waals surface area contributed by atoms with Gasteiger partial charge in [-0.05, 0) is 23.8 Å². The van der Waals surface area contributed by atoms with E-state index < -0.39 is 0 Å². The number of allylic oxidation sites excluding steroid dienone is 1. The van der Waals surface area contributed by atoms with Crippen LogP contribution in [-0.4, -0.2) is 0 Å². The van der Waals surface area contributed by atoms with E-state index in [4.69, 9.17) is 0 Å². The maximum Gasteiger partial charge on any atom is 0.130 e. The fourth-order valence-electron chi connectivity index (χ4n) is 1.56. The Balaban J connectivity index is 1.83. The van der Waals surface area contributed by atoms with E-state index in [1.54, 1.807) is 0 Å². The highest BCUT2D eigenvalue weighted by Crippen LogP contribution is 2.07. The molecule has 2 aromatic carbocycles. The highest BCUT2D eigenvalue weighted by atomic mass is 13.9. The molecule has 16 heavy (non-hydrogen) atoms. The summed E-state index contributed by atoms with van der Waals surface area (Å²) in [4.78, 5) is 0. The minimum atomic E-state index is 0.971. The lowest BCUT2D eigenvalue weighted by molar-refractivity contribution is 1.25. The van der Waals surface area contributed by atoms with Crippen LogP contribution in [-0.2, 0) is 0 Å². The van der Waals surface area contributed by atoms with Crippen LogP contribution in [0.4, 0.5) is 0 Å². The Labute approximate surface area is 97.3 Å². The highest BCUT2D eigenvalue weighted by Gasteiger charge is 1.96. The Bertz CT molecular complexity index is 426. The molecule has 0 nitrogen and oxygen atoms in total. The summed E-state index contributed by atoms with van der Waals surface area (Å²) in [6, 6.07) is 20.8. The van der Waals surface area contributed by atoms with Crippen molar-refractivity contribution in [3.63, 3.8) is 0 Å². The molecule has 0 fully saturated rings. The van der Waals surface area contributed by atoms with E-state index in [1.807, 2.05) is 12.1 Å². The van der Waals surface area contributed by atoms with Gasteiger partial charge in [-0.2, -0.15) is 0 Å². The van der Waals surface area contributed by atoms with Crippen molar-refractivity contribution < 1.29 is 0 Å². The molecule has 2 rings (SSSR count). The van der Waals surface area contributed by atoms with Gasteiger partial charge in [0.05, 0.1) is 0 Å². The predicted molar refractivity (Wildman–Crippen MR) is 69.9 cm³/mol. The lowest BCUT2D eigenvalue weighted by atomic mass is 10.1. The van der Waals surface area contributed by atoms with Gasteiger partial charge in [-0.3, -0.25) is 0 Å². The third-order valence-corrected chi connectivity index (χ3v) is 2.40. The number of hydrogen-bond acceptors (Lipinski definition) is 0. The summed E-state index contributed by atoms with van der Waals surface area (Å²) in [6.07, 6.45) is 7.53. The monoisotopic (exact) mass is 207 g/mol. The van der Waals surface area contributed by atoms with Crippen LogP contribution < -0.4 is 0 Å². The van der Waals surface area contributed by atoms with E-state index in [1.165, 1.54) is 11.1 Å². The Morgan fingerprint density at radius 2 is 1.44 bits per heavy atom. The molecule has 2 aromatic rings. The molecule has 0 aliphatic carbocycles. The molecule has 0 aromatic heterocycles. The van der Waals surface area contributed by atoms with Crippen LogP contribution in [0.25, 0.3) is 6.08 Å². The third-order valence-electron chi connectivity index (χ3n) is 2.40. The van der Waals surface area contributed by atoms with E-state index in [2.05, 4.69) is 67.1 Å². The molecule has 0 radical (unpaired) electrons. The Kier molecular flexibility index (Phi) is 3.84. The zero-order chi connectivity index (χ0) is 11.1. The Hall–Kier alpha value is -1.95. The average molecular weight is 207 g/mol. The average Bonchev–Trinajstić information content (AvgIpc) is 2.37. The summed E-state index contributed by atoms with van der Waals surface area (Å²) in [5, 5.41) is 0. The molecule has 0 heteroatoms. The maximum absolute atomic E-state index is 2.22. The van der Waals surface area contributed by atoms with Crippen molar-refractivity contribution in [1.29, 1.82) is 0 Å². The molecule has 0 amide bonds. The zero-order valence-corrected chi connectivity index (χ0v) is 9.21. The first-order valence-corrected chi connectivity index (χ1v) is 5.55. The van der Waals surface area contributed by atoms with E-state index in [0.29, 0.717) is 0 Å². The number of hydrogen-bond donors (Lipinski definition) is 0. The lowest BCUT2D eigenvalue weighted by Gasteiger charge is -1.91. The second kappa shape index (κ2) is 5.82. The normalized spacial score (nSPS) is 10.5. The van der Waals surface area contributed by atoms with Crippen molar-refractivity contribution in [2.24, 2.45) is 0 Å². The summed E-state index contributed by atoms with van der Waals surface area (Å²) < 4.78 is 0. The van der Waals surface area contributed by atoms with Gasteiger partial charge < -0.3 is 0 Å². The second-order valence-corrected chi connectivity index (χ2v) is 3.66. The molecule has 0 bridgehead atoms. The first-order chi connectivity index (χ1) is 7.95. The van der Waals surface area contributed by atoms with E-state index in [-0.39, 0.29) is 0 Å². The molecular formula is C16H15+. The van der Waals surface area contributed by atoms with Gasteiger partial charge in [0.15, 0.2) is 0 Å².